The molecule has 1 heterocycles. The number of halogens is 1. The highest BCUT2D eigenvalue weighted by Gasteiger charge is 2.11. The largest absolute Gasteiger partial charge is 0.313 e. The van der Waals surface area contributed by atoms with Gasteiger partial charge < -0.3 is 5.32 Å². The minimum absolute atomic E-state index is 0.697. The van der Waals surface area contributed by atoms with Crippen molar-refractivity contribution >= 4 is 23.4 Å². The molecule has 1 aromatic carbocycles. The van der Waals surface area contributed by atoms with E-state index in [4.69, 9.17) is 11.6 Å². The van der Waals surface area contributed by atoms with Crippen LogP contribution in [0.4, 0.5) is 0 Å². The summed E-state index contributed by atoms with van der Waals surface area (Å²) in [5.41, 5.74) is 1.17. The average molecular weight is 297 g/mol. The summed E-state index contributed by atoms with van der Waals surface area (Å²) in [7, 11) is 0. The molecular formula is C13H17ClN4S. The third-order valence-electron chi connectivity index (χ3n) is 2.56. The maximum atomic E-state index is 6.28. The number of rotatable bonds is 6. The van der Waals surface area contributed by atoms with Crippen molar-refractivity contribution in [3.63, 3.8) is 0 Å². The van der Waals surface area contributed by atoms with Crippen molar-refractivity contribution in [3.05, 3.63) is 34.6 Å². The predicted molar refractivity (Wildman–Crippen MR) is 78.7 cm³/mol. The Hall–Kier alpha value is -1.04. The molecule has 2 N–H and O–H groups in total. The molecule has 4 nitrogen and oxygen atoms in total. The molecule has 102 valence electrons. The van der Waals surface area contributed by atoms with Gasteiger partial charge in [0.15, 0.2) is 0 Å². The highest BCUT2D eigenvalue weighted by atomic mass is 35.5. The zero-order chi connectivity index (χ0) is 13.7. The standard InChI is InChI=1S/C13H17ClN4S/c1-3-7-15-8-10-5-4-6-11(14)12(10)19-13-16-9(2)17-18-13/h4-6,15H,3,7-8H2,1-2H3,(H,16,17,18). The van der Waals surface area contributed by atoms with E-state index in [1.54, 1.807) is 0 Å². The molecule has 2 aromatic rings. The first-order valence-corrected chi connectivity index (χ1v) is 7.45. The first kappa shape index (κ1) is 14.4. The number of aromatic amines is 1. The Morgan fingerprint density at radius 1 is 1.42 bits per heavy atom. The maximum Gasteiger partial charge on any atom is 0.213 e. The average Bonchev–Trinajstić information content (AvgIpc) is 2.79. The summed E-state index contributed by atoms with van der Waals surface area (Å²) in [6, 6.07) is 5.95. The molecule has 0 bridgehead atoms. The van der Waals surface area contributed by atoms with Gasteiger partial charge in [-0.05, 0) is 43.3 Å². The summed E-state index contributed by atoms with van der Waals surface area (Å²) in [6.45, 7) is 5.83. The Labute approximate surface area is 122 Å². The first-order chi connectivity index (χ1) is 9.20. The molecule has 6 heteroatoms. The van der Waals surface area contributed by atoms with Crippen LogP contribution in [0.2, 0.25) is 5.02 Å². The fourth-order valence-electron chi connectivity index (χ4n) is 1.67. The molecule has 0 fully saturated rings. The lowest BCUT2D eigenvalue weighted by atomic mass is 10.2. The number of aryl methyl sites for hydroxylation is 1. The van der Waals surface area contributed by atoms with E-state index >= 15 is 0 Å². The lowest BCUT2D eigenvalue weighted by Crippen LogP contribution is -2.14. The molecule has 0 unspecified atom stereocenters. The Morgan fingerprint density at radius 2 is 2.26 bits per heavy atom. The van der Waals surface area contributed by atoms with E-state index in [2.05, 4.69) is 33.5 Å². The van der Waals surface area contributed by atoms with Crippen LogP contribution in [0, 0.1) is 6.92 Å². The van der Waals surface area contributed by atoms with Gasteiger partial charge in [-0.1, -0.05) is 30.7 Å². The zero-order valence-corrected chi connectivity index (χ0v) is 12.6. The molecule has 19 heavy (non-hydrogen) atoms. The van der Waals surface area contributed by atoms with Crippen molar-refractivity contribution in [1.29, 1.82) is 0 Å². The van der Waals surface area contributed by atoms with Crippen molar-refractivity contribution in [2.75, 3.05) is 6.54 Å². The third-order valence-corrected chi connectivity index (χ3v) is 4.04. The second kappa shape index (κ2) is 6.93. The van der Waals surface area contributed by atoms with Gasteiger partial charge in [-0.2, -0.15) is 0 Å². The van der Waals surface area contributed by atoms with Crippen LogP contribution >= 0.6 is 23.4 Å². The molecule has 2 rings (SSSR count). The maximum absolute atomic E-state index is 6.28. The van der Waals surface area contributed by atoms with Gasteiger partial charge in [0.1, 0.15) is 5.82 Å². The SMILES string of the molecule is CCCNCc1cccc(Cl)c1Sc1n[nH]c(C)n1. The second-order valence-corrected chi connectivity index (χ2v) is 5.60. The number of nitrogens with one attached hydrogen (secondary N) is 2. The van der Waals surface area contributed by atoms with Crippen LogP contribution in [-0.4, -0.2) is 21.7 Å². The van der Waals surface area contributed by atoms with E-state index in [0.29, 0.717) is 5.16 Å². The molecule has 0 spiro atoms. The van der Waals surface area contributed by atoms with Crippen LogP contribution in [0.25, 0.3) is 0 Å². The molecule has 0 aliphatic heterocycles. The monoisotopic (exact) mass is 296 g/mol. The number of nitrogens with zero attached hydrogens (tertiary/aromatic N) is 2. The number of aromatic nitrogens is 3. The van der Waals surface area contributed by atoms with Gasteiger partial charge in [0, 0.05) is 11.4 Å². The van der Waals surface area contributed by atoms with Gasteiger partial charge in [0.05, 0.1) is 5.02 Å². The zero-order valence-electron chi connectivity index (χ0n) is 11.0. The third kappa shape index (κ3) is 3.96. The van der Waals surface area contributed by atoms with Gasteiger partial charge in [-0.25, -0.2) is 4.98 Å². The quantitative estimate of drug-likeness (QED) is 0.802. The van der Waals surface area contributed by atoms with Crippen LogP contribution in [0.15, 0.2) is 28.3 Å². The Bertz CT molecular complexity index is 541. The number of hydrogen-bond acceptors (Lipinski definition) is 4. The molecule has 0 atom stereocenters. The topological polar surface area (TPSA) is 53.6 Å². The number of benzene rings is 1. The molecular weight excluding hydrogens is 280 g/mol. The molecule has 0 amide bonds. The number of hydrogen-bond donors (Lipinski definition) is 2. The van der Waals surface area contributed by atoms with E-state index in [9.17, 15) is 0 Å². The minimum Gasteiger partial charge on any atom is -0.313 e. The van der Waals surface area contributed by atoms with Crippen LogP contribution in [0.1, 0.15) is 24.7 Å². The van der Waals surface area contributed by atoms with Crippen molar-refractivity contribution in [1.82, 2.24) is 20.5 Å². The van der Waals surface area contributed by atoms with Crippen molar-refractivity contribution in [2.45, 2.75) is 36.9 Å². The molecule has 0 radical (unpaired) electrons. The first-order valence-electron chi connectivity index (χ1n) is 6.25. The second-order valence-electron chi connectivity index (χ2n) is 4.21. The van der Waals surface area contributed by atoms with Crippen molar-refractivity contribution < 1.29 is 0 Å². The van der Waals surface area contributed by atoms with E-state index in [1.807, 2.05) is 19.1 Å². The molecule has 0 aliphatic carbocycles. The van der Waals surface area contributed by atoms with Crippen LogP contribution in [0.5, 0.6) is 0 Å². The fraction of sp³-hybridized carbons (Fsp3) is 0.385. The summed E-state index contributed by atoms with van der Waals surface area (Å²) in [5, 5.41) is 11.8. The van der Waals surface area contributed by atoms with Crippen LogP contribution in [-0.2, 0) is 6.54 Å². The van der Waals surface area contributed by atoms with Crippen molar-refractivity contribution in [2.24, 2.45) is 0 Å². The molecule has 0 saturated carbocycles. The summed E-state index contributed by atoms with van der Waals surface area (Å²) < 4.78 is 0. The van der Waals surface area contributed by atoms with Gasteiger partial charge in [0.25, 0.3) is 0 Å². The number of H-pyrrole nitrogens is 1. The summed E-state index contributed by atoms with van der Waals surface area (Å²) >= 11 is 7.78. The summed E-state index contributed by atoms with van der Waals surface area (Å²) in [6.07, 6.45) is 1.11. The Morgan fingerprint density at radius 3 is 2.95 bits per heavy atom. The predicted octanol–water partition coefficient (Wildman–Crippen LogP) is 3.42. The Balaban J connectivity index is 2.17. The summed E-state index contributed by atoms with van der Waals surface area (Å²) in [5.74, 6) is 0.806. The van der Waals surface area contributed by atoms with Crippen LogP contribution < -0.4 is 5.32 Å². The lowest BCUT2D eigenvalue weighted by molar-refractivity contribution is 0.669. The normalized spacial score (nSPS) is 10.9. The van der Waals surface area contributed by atoms with E-state index < -0.39 is 0 Å². The molecule has 0 aliphatic rings. The highest BCUT2D eigenvalue weighted by Crippen LogP contribution is 2.34. The van der Waals surface area contributed by atoms with Crippen LogP contribution in [0.3, 0.4) is 0 Å². The van der Waals surface area contributed by atoms with E-state index in [0.717, 1.165) is 35.3 Å². The Kier molecular flexibility index (Phi) is 5.24. The van der Waals surface area contributed by atoms with Gasteiger partial charge in [0.2, 0.25) is 5.16 Å². The van der Waals surface area contributed by atoms with E-state index in [1.165, 1.54) is 17.3 Å². The van der Waals surface area contributed by atoms with E-state index in [-0.39, 0.29) is 0 Å². The van der Waals surface area contributed by atoms with Gasteiger partial charge in [-0.3, -0.25) is 5.10 Å². The highest BCUT2D eigenvalue weighted by molar-refractivity contribution is 7.99. The molecule has 1 aromatic heterocycles. The fourth-order valence-corrected chi connectivity index (χ4v) is 2.87. The summed E-state index contributed by atoms with van der Waals surface area (Å²) in [4.78, 5) is 5.32. The minimum atomic E-state index is 0.697. The van der Waals surface area contributed by atoms with Gasteiger partial charge >= 0.3 is 0 Å². The van der Waals surface area contributed by atoms with Crippen molar-refractivity contribution in [3.8, 4) is 0 Å². The smallest absolute Gasteiger partial charge is 0.213 e. The van der Waals surface area contributed by atoms with Gasteiger partial charge in [-0.15, -0.1) is 5.10 Å². The molecule has 0 saturated heterocycles. The lowest BCUT2D eigenvalue weighted by Gasteiger charge is -2.10.